The summed E-state index contributed by atoms with van der Waals surface area (Å²) in [5.74, 6) is -2.81. The lowest BCUT2D eigenvalue weighted by atomic mass is 10.0. The van der Waals surface area contributed by atoms with E-state index in [1.807, 2.05) is 0 Å². The van der Waals surface area contributed by atoms with Crippen LogP contribution in [-0.4, -0.2) is 35.8 Å². The largest absolute Gasteiger partial charge is 0.488 e. The van der Waals surface area contributed by atoms with Gasteiger partial charge >= 0.3 is 12.6 Å². The Morgan fingerprint density at radius 2 is 1.15 bits per heavy atom. The summed E-state index contributed by atoms with van der Waals surface area (Å²) in [6, 6.07) is 26.9. The number of esters is 1. The van der Waals surface area contributed by atoms with Crippen LogP contribution in [-0.2, 0) is 22.7 Å². The molecule has 14 heteroatoms. The molecule has 5 aromatic carbocycles. The lowest BCUT2D eigenvalue weighted by Gasteiger charge is -2.17. The van der Waals surface area contributed by atoms with Gasteiger partial charge in [-0.2, -0.15) is 8.78 Å². The predicted molar refractivity (Wildman–Crippen MR) is 206 cm³/mol. The average molecular weight is 818 g/mol. The van der Waals surface area contributed by atoms with Crippen molar-refractivity contribution >= 4 is 17.5 Å². The van der Waals surface area contributed by atoms with E-state index in [0.717, 1.165) is 30.0 Å². The van der Waals surface area contributed by atoms with Crippen LogP contribution in [0.15, 0.2) is 115 Å². The number of aryl methyl sites for hydroxylation is 1. The molecule has 1 heterocycles. The predicted octanol–water partition coefficient (Wildman–Crippen LogP) is 10.8. The van der Waals surface area contributed by atoms with Gasteiger partial charge in [-0.3, -0.25) is 4.79 Å². The summed E-state index contributed by atoms with van der Waals surface area (Å²) >= 11 is 0. The van der Waals surface area contributed by atoms with Crippen molar-refractivity contribution in [3.63, 3.8) is 0 Å². The van der Waals surface area contributed by atoms with Gasteiger partial charge in [-0.15, -0.1) is 0 Å². The Labute approximate surface area is 335 Å². The van der Waals surface area contributed by atoms with Gasteiger partial charge in [-0.05, 0) is 116 Å². The van der Waals surface area contributed by atoms with E-state index in [0.29, 0.717) is 22.7 Å². The number of carbonyl (C=O) groups excluding carboxylic acids is 3. The Bertz CT molecular complexity index is 2410. The molecule has 0 bridgehead atoms. The third-order valence-corrected chi connectivity index (χ3v) is 8.70. The molecule has 8 nitrogen and oxygen atoms in total. The molecule has 306 valence electrons. The van der Waals surface area contributed by atoms with Crippen LogP contribution in [0.1, 0.15) is 57.3 Å². The van der Waals surface area contributed by atoms with Gasteiger partial charge in [0.05, 0.1) is 18.4 Å². The number of rotatable bonds is 15. The molecule has 0 N–H and O–H groups in total. The summed E-state index contributed by atoms with van der Waals surface area (Å²) in [6.45, 7) is 0.300. The van der Waals surface area contributed by atoms with Gasteiger partial charge in [0.15, 0.2) is 5.78 Å². The molecular weight excluding hydrogens is 780 g/mol. The fourth-order valence-corrected chi connectivity index (χ4v) is 5.80. The van der Waals surface area contributed by atoms with Crippen molar-refractivity contribution in [2.45, 2.75) is 46.5 Å². The highest BCUT2D eigenvalue weighted by atomic mass is 19.3. The molecule has 0 amide bonds. The van der Waals surface area contributed by atoms with Gasteiger partial charge in [-0.1, -0.05) is 24.3 Å². The molecule has 0 atom stereocenters. The molecule has 6 rings (SSSR count). The number of hydrogen-bond donors (Lipinski definition) is 0. The molecule has 0 fully saturated rings. The van der Waals surface area contributed by atoms with Gasteiger partial charge in [0.2, 0.25) is 0 Å². The zero-order chi connectivity index (χ0) is 42.6. The molecule has 0 aliphatic carbocycles. The second kappa shape index (κ2) is 20.0. The summed E-state index contributed by atoms with van der Waals surface area (Å²) in [7, 11) is 1.13. The minimum absolute atomic E-state index is 0.00565. The average Bonchev–Trinajstić information content (AvgIpc) is 3.60. The van der Waals surface area contributed by atoms with E-state index in [9.17, 15) is 40.7 Å². The molecule has 0 unspecified atom stereocenters. The molecule has 0 radical (unpaired) electrons. The minimum Gasteiger partial charge on any atom is -0.488 e. The number of Topliss-reactive ketones (excluding diaryl/α,β-unsaturated/α-hetero) is 2. The molecule has 0 aliphatic heterocycles. The van der Waals surface area contributed by atoms with E-state index in [2.05, 4.69) is 4.74 Å². The lowest BCUT2D eigenvalue weighted by Crippen LogP contribution is -2.11. The number of ketones is 2. The molecule has 6 aromatic rings. The van der Waals surface area contributed by atoms with E-state index in [4.69, 9.17) is 14.2 Å². The van der Waals surface area contributed by atoms with Gasteiger partial charge in [0.25, 0.3) is 0 Å². The summed E-state index contributed by atoms with van der Waals surface area (Å²) in [5, 5.41) is 0. The van der Waals surface area contributed by atoms with E-state index in [-0.39, 0.29) is 71.9 Å². The highest BCUT2D eigenvalue weighted by Gasteiger charge is 2.21. The first kappa shape index (κ1) is 43.3. The van der Waals surface area contributed by atoms with E-state index in [1.165, 1.54) is 79.7 Å². The summed E-state index contributed by atoms with van der Waals surface area (Å²) < 4.78 is 102. The van der Waals surface area contributed by atoms with Crippen molar-refractivity contribution in [1.29, 1.82) is 0 Å². The highest BCUT2D eigenvalue weighted by molar-refractivity contribution is 6.00. The SMILES string of the molecule is CC(=O)CCC(=O)c1cc(F)ccc1OCc1ccc(F)cc1.COC(=O)c1cc(-n2c(C)ccc2-c2cc(F)ccc2OCc2ccc(F)cc2)ccc1OC(F)F. The molecular formula is C45H37F6NO7. The van der Waals surface area contributed by atoms with Crippen LogP contribution >= 0.6 is 0 Å². The molecule has 0 aliphatic rings. The molecule has 0 saturated carbocycles. The van der Waals surface area contributed by atoms with Crippen LogP contribution in [0.25, 0.3) is 16.9 Å². The fraction of sp³-hybridized carbons (Fsp3) is 0.178. The maximum Gasteiger partial charge on any atom is 0.387 e. The molecule has 59 heavy (non-hydrogen) atoms. The maximum absolute atomic E-state index is 14.3. The molecule has 0 spiro atoms. The van der Waals surface area contributed by atoms with Crippen molar-refractivity contribution in [3.8, 4) is 34.2 Å². The number of alkyl halides is 2. The van der Waals surface area contributed by atoms with Crippen LogP contribution < -0.4 is 14.2 Å². The smallest absolute Gasteiger partial charge is 0.387 e. The molecule has 1 aromatic heterocycles. The number of halogens is 6. The van der Waals surface area contributed by atoms with Crippen molar-refractivity contribution in [2.24, 2.45) is 0 Å². The zero-order valence-electron chi connectivity index (χ0n) is 31.9. The number of nitrogens with zero attached hydrogens (tertiary/aromatic N) is 1. The third-order valence-electron chi connectivity index (χ3n) is 8.70. The van der Waals surface area contributed by atoms with Gasteiger partial charge in [-0.25, -0.2) is 22.4 Å². The van der Waals surface area contributed by atoms with E-state index < -0.39 is 24.2 Å². The van der Waals surface area contributed by atoms with E-state index in [1.54, 1.807) is 47.9 Å². The molecule has 0 saturated heterocycles. The minimum atomic E-state index is -3.13. The Hall–Kier alpha value is -6.83. The van der Waals surface area contributed by atoms with Crippen LogP contribution in [0.5, 0.6) is 17.2 Å². The highest BCUT2D eigenvalue weighted by Crippen LogP contribution is 2.36. The second-order valence-electron chi connectivity index (χ2n) is 13.0. The van der Waals surface area contributed by atoms with E-state index >= 15 is 0 Å². The first-order chi connectivity index (χ1) is 28.2. The van der Waals surface area contributed by atoms with Crippen LogP contribution in [0.3, 0.4) is 0 Å². The topological polar surface area (TPSA) is 93.1 Å². The summed E-state index contributed by atoms with van der Waals surface area (Å²) in [6.07, 6.45) is 0.110. The number of ether oxygens (including phenoxy) is 4. The Kier molecular flexibility index (Phi) is 14.7. The van der Waals surface area contributed by atoms with Gasteiger partial charge in [0.1, 0.15) is 65.1 Å². The zero-order valence-corrected chi connectivity index (χ0v) is 31.9. The number of methoxy groups -OCH3 is 1. The third kappa shape index (κ3) is 11.9. The Morgan fingerprint density at radius 1 is 0.610 bits per heavy atom. The Balaban J connectivity index is 0.000000248. The van der Waals surface area contributed by atoms with Crippen molar-refractivity contribution in [2.75, 3.05) is 7.11 Å². The summed E-state index contributed by atoms with van der Waals surface area (Å²) in [5.41, 5.74) is 3.45. The Morgan fingerprint density at radius 3 is 1.73 bits per heavy atom. The van der Waals surface area contributed by atoms with Crippen molar-refractivity contribution in [3.05, 3.63) is 166 Å². The van der Waals surface area contributed by atoms with Gasteiger partial charge < -0.3 is 28.3 Å². The second-order valence-corrected chi connectivity index (χ2v) is 13.0. The first-order valence-corrected chi connectivity index (χ1v) is 17.9. The van der Waals surface area contributed by atoms with Crippen molar-refractivity contribution < 1.29 is 59.7 Å². The maximum atomic E-state index is 14.3. The van der Waals surface area contributed by atoms with Crippen molar-refractivity contribution in [1.82, 2.24) is 4.57 Å². The quantitative estimate of drug-likeness (QED) is 0.0579. The monoisotopic (exact) mass is 817 g/mol. The lowest BCUT2D eigenvalue weighted by molar-refractivity contribution is -0.117. The van der Waals surface area contributed by atoms with Crippen LogP contribution in [0.2, 0.25) is 0 Å². The number of aromatic nitrogens is 1. The normalized spacial score (nSPS) is 10.7. The van der Waals surface area contributed by atoms with Gasteiger partial charge in [0, 0.05) is 29.8 Å². The standard InChI is InChI=1S/C27H21F4NO4.C18H16F2O3/c1-16-3-10-23(32(16)20-9-12-25(36-27(30)31)22(14-20)26(33)34-2)21-13-19(29)8-11-24(21)35-15-17-4-6-18(28)7-5-17;1-12(21)2-8-17(22)16-10-15(20)7-9-18(16)23-11-13-3-5-14(19)6-4-13/h3-14,27H,15H2,1-2H3;3-7,9-10H,2,8,11H2,1H3. The number of hydrogen-bond acceptors (Lipinski definition) is 7. The number of benzene rings is 5. The first-order valence-electron chi connectivity index (χ1n) is 17.9. The van der Waals surface area contributed by atoms with Crippen LogP contribution in [0.4, 0.5) is 26.3 Å². The summed E-state index contributed by atoms with van der Waals surface area (Å²) in [4.78, 5) is 35.4. The van der Waals surface area contributed by atoms with Crippen LogP contribution in [0, 0.1) is 30.2 Å². The fourth-order valence-electron chi connectivity index (χ4n) is 5.80. The number of carbonyl (C=O) groups is 3.